The summed E-state index contributed by atoms with van der Waals surface area (Å²) in [5.74, 6) is 0. The molecule has 26 heavy (non-hydrogen) atoms. The van der Waals surface area contributed by atoms with Crippen LogP contribution in [0.3, 0.4) is 0 Å². The molecule has 130 valence electrons. The number of aromatic nitrogens is 1. The van der Waals surface area contributed by atoms with E-state index in [1.54, 1.807) is 12.1 Å². The Bertz CT molecular complexity index is 1100. The van der Waals surface area contributed by atoms with Gasteiger partial charge in [0.15, 0.2) is 0 Å². The second kappa shape index (κ2) is 6.61. The number of nitro groups is 1. The lowest BCUT2D eigenvalue weighted by Crippen LogP contribution is -2.18. The molecule has 0 fully saturated rings. The number of hydrogen-bond acceptors (Lipinski definition) is 3. The molecule has 3 aromatic carbocycles. The minimum absolute atomic E-state index is 0.111. The zero-order chi connectivity index (χ0) is 18.1. The van der Waals surface area contributed by atoms with Gasteiger partial charge in [-0.05, 0) is 35.4 Å². The van der Waals surface area contributed by atoms with Crippen LogP contribution >= 0.6 is 0 Å². The molecule has 5 heteroatoms. The molecule has 5 nitrogen and oxygen atoms in total. The van der Waals surface area contributed by atoms with E-state index in [4.69, 9.17) is 0 Å². The maximum absolute atomic E-state index is 10.9. The Hall–Kier alpha value is -3.18. The van der Waals surface area contributed by atoms with Crippen LogP contribution in [0.5, 0.6) is 0 Å². The standard InChI is InChI=1S/C21H19N3O2/c1-14(19-8-4-6-15-5-2-3-7-20(15)19)22-13-17-11-16-12-18(24(25)26)9-10-21(16)23-17/h2-12,14,22-23H,13H2,1H3. The van der Waals surface area contributed by atoms with Gasteiger partial charge in [-0.1, -0.05) is 42.5 Å². The van der Waals surface area contributed by atoms with Crippen LogP contribution in [0, 0.1) is 10.1 Å². The molecule has 1 unspecified atom stereocenters. The average Bonchev–Trinajstić information content (AvgIpc) is 3.07. The molecule has 0 radical (unpaired) electrons. The van der Waals surface area contributed by atoms with Crippen molar-refractivity contribution in [2.45, 2.75) is 19.5 Å². The number of fused-ring (bicyclic) bond motifs is 2. The van der Waals surface area contributed by atoms with Crippen LogP contribution in [0.15, 0.2) is 66.7 Å². The van der Waals surface area contributed by atoms with Gasteiger partial charge in [0.05, 0.1) is 4.92 Å². The van der Waals surface area contributed by atoms with Crippen molar-refractivity contribution in [3.05, 3.63) is 88.1 Å². The molecule has 0 aliphatic heterocycles. The van der Waals surface area contributed by atoms with Crippen molar-refractivity contribution in [3.63, 3.8) is 0 Å². The maximum atomic E-state index is 10.9. The summed E-state index contributed by atoms with van der Waals surface area (Å²) in [4.78, 5) is 13.9. The average molecular weight is 345 g/mol. The molecule has 0 saturated carbocycles. The number of H-pyrrole nitrogens is 1. The van der Waals surface area contributed by atoms with Crippen LogP contribution in [-0.4, -0.2) is 9.91 Å². The van der Waals surface area contributed by atoms with E-state index in [1.807, 2.05) is 12.1 Å². The van der Waals surface area contributed by atoms with Gasteiger partial charge >= 0.3 is 0 Å². The molecule has 0 aliphatic carbocycles. The largest absolute Gasteiger partial charge is 0.357 e. The van der Waals surface area contributed by atoms with Crippen LogP contribution in [0.1, 0.15) is 24.2 Å². The van der Waals surface area contributed by atoms with Gasteiger partial charge in [-0.25, -0.2) is 0 Å². The molecular formula is C21H19N3O2. The van der Waals surface area contributed by atoms with Crippen LogP contribution < -0.4 is 5.32 Å². The van der Waals surface area contributed by atoms with Crippen molar-refractivity contribution >= 4 is 27.4 Å². The molecule has 0 aliphatic rings. The number of nitrogens with zero attached hydrogens (tertiary/aromatic N) is 1. The quantitative estimate of drug-likeness (QED) is 0.391. The lowest BCUT2D eigenvalue weighted by atomic mass is 10.00. The van der Waals surface area contributed by atoms with E-state index in [-0.39, 0.29) is 16.7 Å². The zero-order valence-electron chi connectivity index (χ0n) is 14.4. The fourth-order valence-corrected chi connectivity index (χ4v) is 3.39. The van der Waals surface area contributed by atoms with Crippen molar-refractivity contribution in [1.82, 2.24) is 10.3 Å². The summed E-state index contributed by atoms with van der Waals surface area (Å²) in [6, 6.07) is 21.7. The van der Waals surface area contributed by atoms with Crippen LogP contribution in [-0.2, 0) is 6.54 Å². The van der Waals surface area contributed by atoms with Crippen molar-refractivity contribution in [2.24, 2.45) is 0 Å². The van der Waals surface area contributed by atoms with E-state index in [0.29, 0.717) is 6.54 Å². The Morgan fingerprint density at radius 2 is 1.85 bits per heavy atom. The maximum Gasteiger partial charge on any atom is 0.270 e. The molecule has 1 atom stereocenters. The number of hydrogen-bond donors (Lipinski definition) is 2. The Kier molecular flexibility index (Phi) is 4.14. The van der Waals surface area contributed by atoms with Crippen molar-refractivity contribution in [1.29, 1.82) is 0 Å². The number of non-ortho nitro benzene ring substituents is 1. The van der Waals surface area contributed by atoms with Crippen molar-refractivity contribution < 1.29 is 4.92 Å². The fraction of sp³-hybridized carbons (Fsp3) is 0.143. The number of nitrogens with one attached hydrogen (secondary N) is 2. The number of aromatic amines is 1. The first-order valence-electron chi connectivity index (χ1n) is 8.59. The number of nitro benzene ring substituents is 1. The van der Waals surface area contributed by atoms with Crippen LogP contribution in [0.25, 0.3) is 21.7 Å². The second-order valence-corrected chi connectivity index (χ2v) is 6.49. The Morgan fingerprint density at radius 3 is 2.69 bits per heavy atom. The molecule has 0 saturated heterocycles. The lowest BCUT2D eigenvalue weighted by Gasteiger charge is -2.16. The fourth-order valence-electron chi connectivity index (χ4n) is 3.39. The molecule has 0 spiro atoms. The van der Waals surface area contributed by atoms with Gasteiger partial charge < -0.3 is 10.3 Å². The molecule has 1 heterocycles. The molecule has 4 aromatic rings. The monoisotopic (exact) mass is 345 g/mol. The summed E-state index contributed by atoms with van der Waals surface area (Å²) < 4.78 is 0. The lowest BCUT2D eigenvalue weighted by molar-refractivity contribution is -0.384. The molecule has 4 rings (SSSR count). The zero-order valence-corrected chi connectivity index (χ0v) is 14.4. The van der Waals surface area contributed by atoms with E-state index in [1.165, 1.54) is 22.4 Å². The highest BCUT2D eigenvalue weighted by Gasteiger charge is 2.11. The summed E-state index contributed by atoms with van der Waals surface area (Å²) in [6.07, 6.45) is 0. The highest BCUT2D eigenvalue weighted by atomic mass is 16.6. The molecule has 1 aromatic heterocycles. The van der Waals surface area contributed by atoms with Gasteiger partial charge in [-0.2, -0.15) is 0 Å². The van der Waals surface area contributed by atoms with Gasteiger partial charge in [-0.3, -0.25) is 10.1 Å². The summed E-state index contributed by atoms with van der Waals surface area (Å²) in [5, 5.41) is 17.8. The highest BCUT2D eigenvalue weighted by Crippen LogP contribution is 2.25. The van der Waals surface area contributed by atoms with Crippen LogP contribution in [0.2, 0.25) is 0 Å². The summed E-state index contributed by atoms with van der Waals surface area (Å²) in [5.41, 5.74) is 3.28. The van der Waals surface area contributed by atoms with E-state index in [2.05, 4.69) is 53.6 Å². The predicted octanol–water partition coefficient (Wildman–Crippen LogP) is 5.08. The number of rotatable bonds is 5. The topological polar surface area (TPSA) is 71.0 Å². The molecular weight excluding hydrogens is 326 g/mol. The number of benzene rings is 3. The highest BCUT2D eigenvalue weighted by molar-refractivity contribution is 5.86. The first-order valence-corrected chi connectivity index (χ1v) is 8.59. The second-order valence-electron chi connectivity index (χ2n) is 6.49. The first kappa shape index (κ1) is 16.3. The van der Waals surface area contributed by atoms with Gasteiger partial charge in [0.1, 0.15) is 0 Å². The molecule has 2 N–H and O–H groups in total. The van der Waals surface area contributed by atoms with Crippen molar-refractivity contribution in [2.75, 3.05) is 0 Å². The van der Waals surface area contributed by atoms with Gasteiger partial charge in [0.2, 0.25) is 0 Å². The van der Waals surface area contributed by atoms with E-state index < -0.39 is 0 Å². The third kappa shape index (κ3) is 3.05. The Balaban J connectivity index is 1.54. The minimum atomic E-state index is -0.368. The van der Waals surface area contributed by atoms with E-state index in [0.717, 1.165) is 16.6 Å². The SMILES string of the molecule is CC(NCc1cc2cc([N+](=O)[O-])ccc2[nH]1)c1cccc2ccccc12. The summed E-state index contributed by atoms with van der Waals surface area (Å²) >= 11 is 0. The van der Waals surface area contributed by atoms with Crippen molar-refractivity contribution in [3.8, 4) is 0 Å². The van der Waals surface area contributed by atoms with Gasteiger partial charge in [0.25, 0.3) is 5.69 Å². The van der Waals surface area contributed by atoms with E-state index >= 15 is 0 Å². The third-order valence-corrected chi connectivity index (χ3v) is 4.76. The molecule has 0 bridgehead atoms. The Morgan fingerprint density at radius 1 is 1.04 bits per heavy atom. The smallest absolute Gasteiger partial charge is 0.270 e. The van der Waals surface area contributed by atoms with Gasteiger partial charge in [0, 0.05) is 41.3 Å². The third-order valence-electron chi connectivity index (χ3n) is 4.76. The predicted molar refractivity (Wildman–Crippen MR) is 104 cm³/mol. The minimum Gasteiger partial charge on any atom is -0.357 e. The summed E-state index contributed by atoms with van der Waals surface area (Å²) in [7, 11) is 0. The Labute approximate surface area is 150 Å². The summed E-state index contributed by atoms with van der Waals surface area (Å²) in [6.45, 7) is 2.81. The first-order chi connectivity index (χ1) is 12.6. The van der Waals surface area contributed by atoms with Crippen LogP contribution in [0.4, 0.5) is 5.69 Å². The van der Waals surface area contributed by atoms with E-state index in [9.17, 15) is 10.1 Å². The normalized spacial score (nSPS) is 12.5. The molecule has 0 amide bonds. The van der Waals surface area contributed by atoms with Gasteiger partial charge in [-0.15, -0.1) is 0 Å².